The summed E-state index contributed by atoms with van der Waals surface area (Å²) in [5.41, 5.74) is 3.83. The minimum atomic E-state index is -0.137. The minimum Gasteiger partial charge on any atom is -0.494 e. The first-order valence-electron chi connectivity index (χ1n) is 10.8. The number of fused-ring (bicyclic) bond motifs is 1. The number of rotatable bonds is 9. The van der Waals surface area contributed by atoms with Crippen LogP contribution in [0.5, 0.6) is 5.75 Å². The molecule has 0 fully saturated rings. The lowest BCUT2D eigenvalue weighted by molar-refractivity contribution is 0.0954. The Morgan fingerprint density at radius 3 is 2.69 bits per heavy atom. The second kappa shape index (κ2) is 10.3. The summed E-state index contributed by atoms with van der Waals surface area (Å²) in [5.74, 6) is 1.70. The lowest BCUT2D eigenvalue weighted by atomic mass is 10.2. The summed E-state index contributed by atoms with van der Waals surface area (Å²) in [4.78, 5) is 17.2. The van der Waals surface area contributed by atoms with E-state index in [1.807, 2.05) is 30.3 Å². The maximum atomic E-state index is 12.4. The molecule has 0 aliphatic carbocycles. The molecule has 1 aromatic heterocycles. The van der Waals surface area contributed by atoms with Crippen molar-refractivity contribution in [2.24, 2.45) is 0 Å². The van der Waals surface area contributed by atoms with E-state index < -0.39 is 0 Å². The molecule has 0 atom stereocenters. The Morgan fingerprint density at radius 1 is 1.06 bits per heavy atom. The van der Waals surface area contributed by atoms with Crippen LogP contribution in [0.15, 0.2) is 72.8 Å². The standard InChI is InChI=1S/C26H26ClN3O2/c1-19-10-12-22(13-11-19)32-17-5-16-30-24-9-3-2-8-23(24)29-25(30)14-15-28-26(31)20-6-4-7-21(27)18-20/h2-4,6-13,18H,5,14-17H2,1H3,(H,28,31). The van der Waals surface area contributed by atoms with E-state index in [1.165, 1.54) is 5.56 Å². The molecular weight excluding hydrogens is 422 g/mol. The zero-order valence-corrected chi connectivity index (χ0v) is 18.8. The maximum Gasteiger partial charge on any atom is 0.251 e. The van der Waals surface area contributed by atoms with Crippen LogP contribution < -0.4 is 10.1 Å². The van der Waals surface area contributed by atoms with E-state index in [4.69, 9.17) is 21.3 Å². The smallest absolute Gasteiger partial charge is 0.251 e. The molecule has 5 nitrogen and oxygen atoms in total. The second-order valence-electron chi connectivity index (χ2n) is 7.70. The highest BCUT2D eigenvalue weighted by atomic mass is 35.5. The van der Waals surface area contributed by atoms with Crippen molar-refractivity contribution in [3.8, 4) is 5.75 Å². The van der Waals surface area contributed by atoms with Gasteiger partial charge in [-0.1, -0.05) is 47.5 Å². The highest BCUT2D eigenvalue weighted by molar-refractivity contribution is 6.30. The normalized spacial score (nSPS) is 10.9. The van der Waals surface area contributed by atoms with Crippen LogP contribution >= 0.6 is 11.6 Å². The van der Waals surface area contributed by atoms with E-state index >= 15 is 0 Å². The molecule has 0 spiro atoms. The predicted molar refractivity (Wildman–Crippen MR) is 129 cm³/mol. The van der Waals surface area contributed by atoms with Gasteiger partial charge in [0.15, 0.2) is 0 Å². The highest BCUT2D eigenvalue weighted by Gasteiger charge is 2.11. The van der Waals surface area contributed by atoms with Gasteiger partial charge in [0.25, 0.3) is 5.91 Å². The van der Waals surface area contributed by atoms with Crippen LogP contribution in [-0.4, -0.2) is 28.6 Å². The molecule has 0 saturated heterocycles. The van der Waals surface area contributed by atoms with Crippen LogP contribution in [0.1, 0.15) is 28.2 Å². The Hall–Kier alpha value is -3.31. The van der Waals surface area contributed by atoms with Crippen LogP contribution in [0.25, 0.3) is 11.0 Å². The van der Waals surface area contributed by atoms with Gasteiger partial charge in [0, 0.05) is 30.1 Å². The van der Waals surface area contributed by atoms with Crippen LogP contribution in [0, 0.1) is 6.92 Å². The summed E-state index contributed by atoms with van der Waals surface area (Å²) < 4.78 is 8.10. The molecule has 0 unspecified atom stereocenters. The quantitative estimate of drug-likeness (QED) is 0.347. The van der Waals surface area contributed by atoms with Crippen molar-refractivity contribution in [1.29, 1.82) is 0 Å². The summed E-state index contributed by atoms with van der Waals surface area (Å²) in [6, 6.07) is 23.1. The van der Waals surface area contributed by atoms with Crippen molar-refractivity contribution in [2.75, 3.05) is 13.2 Å². The van der Waals surface area contributed by atoms with Crippen molar-refractivity contribution < 1.29 is 9.53 Å². The predicted octanol–water partition coefficient (Wildman–Crippen LogP) is 5.44. The molecule has 0 aliphatic heterocycles. The fraction of sp³-hybridized carbons (Fsp3) is 0.231. The summed E-state index contributed by atoms with van der Waals surface area (Å²) >= 11 is 5.99. The number of imidazole rings is 1. The first-order chi connectivity index (χ1) is 15.6. The summed E-state index contributed by atoms with van der Waals surface area (Å²) in [6.07, 6.45) is 1.50. The molecule has 32 heavy (non-hydrogen) atoms. The zero-order chi connectivity index (χ0) is 22.3. The number of aryl methyl sites for hydroxylation is 2. The summed E-state index contributed by atoms with van der Waals surface area (Å²) in [5, 5.41) is 3.51. The third kappa shape index (κ3) is 5.48. The summed E-state index contributed by atoms with van der Waals surface area (Å²) in [6.45, 7) is 3.98. The van der Waals surface area contributed by atoms with Crippen LogP contribution in [-0.2, 0) is 13.0 Å². The van der Waals surface area contributed by atoms with E-state index in [0.29, 0.717) is 30.2 Å². The van der Waals surface area contributed by atoms with E-state index in [2.05, 4.69) is 35.0 Å². The number of nitrogens with zero attached hydrogens (tertiary/aromatic N) is 2. The van der Waals surface area contributed by atoms with Crippen molar-refractivity contribution in [3.05, 3.63) is 94.8 Å². The lowest BCUT2D eigenvalue weighted by Gasteiger charge is -2.11. The Bertz CT molecular complexity index is 1200. The molecule has 6 heteroatoms. The third-order valence-electron chi connectivity index (χ3n) is 5.27. The van der Waals surface area contributed by atoms with Gasteiger partial charge < -0.3 is 14.6 Å². The number of ether oxygens (including phenoxy) is 1. The number of para-hydroxylation sites is 2. The highest BCUT2D eigenvalue weighted by Crippen LogP contribution is 2.18. The van der Waals surface area contributed by atoms with Crippen LogP contribution in [0.3, 0.4) is 0 Å². The fourth-order valence-corrected chi connectivity index (χ4v) is 3.82. The first-order valence-corrected chi connectivity index (χ1v) is 11.2. The Morgan fingerprint density at radius 2 is 1.88 bits per heavy atom. The van der Waals surface area contributed by atoms with E-state index in [1.54, 1.807) is 24.3 Å². The minimum absolute atomic E-state index is 0.137. The average molecular weight is 448 g/mol. The van der Waals surface area contributed by atoms with Gasteiger partial charge in [0.1, 0.15) is 11.6 Å². The Kier molecular flexibility index (Phi) is 7.07. The van der Waals surface area contributed by atoms with E-state index in [0.717, 1.165) is 35.6 Å². The number of halogens is 1. The van der Waals surface area contributed by atoms with Gasteiger partial charge in [-0.15, -0.1) is 0 Å². The number of amides is 1. The molecule has 0 radical (unpaired) electrons. The molecule has 0 aliphatic rings. The number of carbonyl (C=O) groups excluding carboxylic acids is 1. The van der Waals surface area contributed by atoms with Gasteiger partial charge in [-0.05, 0) is 55.8 Å². The maximum absolute atomic E-state index is 12.4. The van der Waals surface area contributed by atoms with Crippen molar-refractivity contribution in [3.63, 3.8) is 0 Å². The van der Waals surface area contributed by atoms with Gasteiger partial charge in [0.2, 0.25) is 0 Å². The molecule has 3 aromatic carbocycles. The Labute approximate surface area is 193 Å². The number of benzene rings is 3. The summed E-state index contributed by atoms with van der Waals surface area (Å²) in [7, 11) is 0. The molecule has 4 rings (SSSR count). The molecule has 4 aromatic rings. The largest absolute Gasteiger partial charge is 0.494 e. The van der Waals surface area contributed by atoms with E-state index in [-0.39, 0.29) is 5.91 Å². The van der Waals surface area contributed by atoms with Crippen LogP contribution in [0.4, 0.5) is 0 Å². The Balaban J connectivity index is 1.37. The number of aromatic nitrogens is 2. The van der Waals surface area contributed by atoms with Gasteiger partial charge in [-0.2, -0.15) is 0 Å². The van der Waals surface area contributed by atoms with Gasteiger partial charge in [-0.25, -0.2) is 4.98 Å². The molecule has 164 valence electrons. The van der Waals surface area contributed by atoms with E-state index in [9.17, 15) is 4.79 Å². The fourth-order valence-electron chi connectivity index (χ4n) is 3.63. The lowest BCUT2D eigenvalue weighted by Crippen LogP contribution is -2.26. The number of hydrogen-bond acceptors (Lipinski definition) is 3. The van der Waals surface area contributed by atoms with Gasteiger partial charge in [-0.3, -0.25) is 4.79 Å². The topological polar surface area (TPSA) is 56.1 Å². The molecule has 1 N–H and O–H groups in total. The SMILES string of the molecule is Cc1ccc(OCCCn2c(CCNC(=O)c3cccc(Cl)c3)nc3ccccc32)cc1. The number of nitrogens with one attached hydrogen (secondary N) is 1. The molecule has 0 bridgehead atoms. The van der Waals surface area contributed by atoms with Gasteiger partial charge in [0.05, 0.1) is 17.6 Å². The number of carbonyl (C=O) groups is 1. The average Bonchev–Trinajstić information content (AvgIpc) is 3.15. The van der Waals surface area contributed by atoms with Crippen molar-refractivity contribution in [2.45, 2.75) is 26.3 Å². The first kappa shape index (κ1) is 21.9. The number of hydrogen-bond donors (Lipinski definition) is 1. The monoisotopic (exact) mass is 447 g/mol. The molecule has 1 amide bonds. The van der Waals surface area contributed by atoms with Crippen molar-refractivity contribution in [1.82, 2.24) is 14.9 Å². The second-order valence-corrected chi connectivity index (χ2v) is 8.14. The molecule has 1 heterocycles. The molecular formula is C26H26ClN3O2. The molecule has 0 saturated carbocycles. The third-order valence-corrected chi connectivity index (χ3v) is 5.51. The van der Waals surface area contributed by atoms with Crippen molar-refractivity contribution >= 4 is 28.5 Å². The zero-order valence-electron chi connectivity index (χ0n) is 18.1. The van der Waals surface area contributed by atoms with Crippen LogP contribution in [0.2, 0.25) is 5.02 Å². The van der Waals surface area contributed by atoms with Gasteiger partial charge >= 0.3 is 0 Å².